The summed E-state index contributed by atoms with van der Waals surface area (Å²) in [6, 6.07) is 17.1. The van der Waals surface area contributed by atoms with E-state index in [1.54, 1.807) is 30.3 Å². The predicted octanol–water partition coefficient (Wildman–Crippen LogP) is 4.39. The normalized spacial score (nSPS) is 16.5. The van der Waals surface area contributed by atoms with E-state index in [2.05, 4.69) is 9.82 Å². The molecule has 0 amide bonds. The molecule has 4 rings (SSSR count). The fourth-order valence-electron chi connectivity index (χ4n) is 3.52. The van der Waals surface area contributed by atoms with Crippen molar-refractivity contribution in [2.45, 2.75) is 17.4 Å². The average Bonchev–Trinajstić information content (AvgIpc) is 3.20. The minimum atomic E-state index is -4.11. The highest BCUT2D eigenvalue weighted by molar-refractivity contribution is 7.92. The van der Waals surface area contributed by atoms with Gasteiger partial charge in [0, 0.05) is 22.7 Å². The summed E-state index contributed by atoms with van der Waals surface area (Å²) < 4.78 is 67.6. The molecule has 172 valence electrons. The standard InChI is InChI=1S/C22H19ClFN3O4S2/c1-32(28,29)26-17-10-6-15(7-11-17)21-14-22(19-4-2-3-5-20(19)24)27(25-21)33(30,31)18-12-8-16(23)9-13-18/h2-13,22,26H,14H2,1H3/t22-/m1/s1. The summed E-state index contributed by atoms with van der Waals surface area (Å²) in [5, 5.41) is 4.74. The van der Waals surface area contributed by atoms with Crippen LogP contribution < -0.4 is 4.72 Å². The van der Waals surface area contributed by atoms with Crippen molar-refractivity contribution in [3.8, 4) is 0 Å². The van der Waals surface area contributed by atoms with Gasteiger partial charge in [0.2, 0.25) is 10.0 Å². The second-order valence-electron chi connectivity index (χ2n) is 7.47. The Morgan fingerprint density at radius 3 is 2.21 bits per heavy atom. The molecule has 0 saturated carbocycles. The highest BCUT2D eigenvalue weighted by atomic mass is 35.5. The number of benzene rings is 3. The molecule has 0 unspecified atom stereocenters. The molecule has 0 aromatic heterocycles. The van der Waals surface area contributed by atoms with E-state index in [1.807, 2.05) is 0 Å². The molecule has 1 N–H and O–H groups in total. The summed E-state index contributed by atoms with van der Waals surface area (Å²) >= 11 is 5.89. The number of hydrazone groups is 1. The molecule has 33 heavy (non-hydrogen) atoms. The van der Waals surface area contributed by atoms with Gasteiger partial charge in [-0.05, 0) is 48.0 Å². The lowest BCUT2D eigenvalue weighted by atomic mass is 9.99. The van der Waals surface area contributed by atoms with Gasteiger partial charge in [-0.2, -0.15) is 17.9 Å². The number of sulfonamides is 2. The van der Waals surface area contributed by atoms with Crippen molar-refractivity contribution in [1.29, 1.82) is 0 Å². The maximum Gasteiger partial charge on any atom is 0.279 e. The van der Waals surface area contributed by atoms with E-state index in [4.69, 9.17) is 11.6 Å². The van der Waals surface area contributed by atoms with Crippen LogP contribution in [0.25, 0.3) is 0 Å². The Hall–Kier alpha value is -2.95. The van der Waals surface area contributed by atoms with Gasteiger partial charge >= 0.3 is 0 Å². The van der Waals surface area contributed by atoms with Crippen LogP contribution in [0.5, 0.6) is 0 Å². The highest BCUT2D eigenvalue weighted by Crippen LogP contribution is 2.38. The number of hydrogen-bond donors (Lipinski definition) is 1. The molecule has 3 aromatic carbocycles. The minimum Gasteiger partial charge on any atom is -0.284 e. The SMILES string of the molecule is CS(=O)(=O)Nc1ccc(C2=NN(S(=O)(=O)c3ccc(Cl)cc3)[C@@H](c3ccccc3F)C2)cc1. The Kier molecular flexibility index (Phi) is 6.17. The number of hydrogen-bond acceptors (Lipinski definition) is 5. The molecule has 11 heteroatoms. The van der Waals surface area contributed by atoms with Gasteiger partial charge in [0.05, 0.1) is 22.9 Å². The summed E-state index contributed by atoms with van der Waals surface area (Å²) in [4.78, 5) is -0.0223. The number of halogens is 2. The molecule has 1 aliphatic heterocycles. The van der Waals surface area contributed by atoms with Crippen molar-refractivity contribution in [2.75, 3.05) is 11.0 Å². The number of rotatable bonds is 6. The molecular weight excluding hydrogens is 489 g/mol. The fraction of sp³-hybridized carbons (Fsp3) is 0.136. The molecule has 1 aliphatic rings. The topological polar surface area (TPSA) is 95.9 Å². The van der Waals surface area contributed by atoms with Crippen molar-refractivity contribution in [2.24, 2.45) is 5.10 Å². The summed E-state index contributed by atoms with van der Waals surface area (Å²) in [5.41, 5.74) is 1.57. The largest absolute Gasteiger partial charge is 0.284 e. The van der Waals surface area contributed by atoms with E-state index in [-0.39, 0.29) is 16.9 Å². The van der Waals surface area contributed by atoms with Crippen LogP contribution in [0.3, 0.4) is 0 Å². The van der Waals surface area contributed by atoms with Crippen molar-refractivity contribution in [3.63, 3.8) is 0 Å². The van der Waals surface area contributed by atoms with Crippen molar-refractivity contribution < 1.29 is 21.2 Å². The first kappa shape index (κ1) is 23.2. The molecule has 1 atom stereocenters. The zero-order valence-corrected chi connectivity index (χ0v) is 19.7. The van der Waals surface area contributed by atoms with E-state index < -0.39 is 31.9 Å². The first-order chi connectivity index (χ1) is 15.5. The third-order valence-electron chi connectivity index (χ3n) is 5.02. The lowest BCUT2D eigenvalue weighted by molar-refractivity contribution is 0.362. The predicted molar refractivity (Wildman–Crippen MR) is 126 cm³/mol. The Labute approximate surface area is 196 Å². The fourth-order valence-corrected chi connectivity index (χ4v) is 5.64. The van der Waals surface area contributed by atoms with E-state index in [0.717, 1.165) is 10.7 Å². The van der Waals surface area contributed by atoms with Gasteiger partial charge in [-0.15, -0.1) is 0 Å². The van der Waals surface area contributed by atoms with Crippen LogP contribution in [0, 0.1) is 5.82 Å². The van der Waals surface area contributed by atoms with Crippen LogP contribution in [-0.2, 0) is 20.0 Å². The van der Waals surface area contributed by atoms with Gasteiger partial charge in [-0.3, -0.25) is 4.72 Å². The summed E-state index contributed by atoms with van der Waals surface area (Å²) in [7, 11) is -7.55. The van der Waals surface area contributed by atoms with E-state index in [1.165, 1.54) is 42.5 Å². The molecule has 0 fully saturated rings. The van der Waals surface area contributed by atoms with Crippen LogP contribution >= 0.6 is 11.6 Å². The lowest BCUT2D eigenvalue weighted by Gasteiger charge is -2.23. The van der Waals surface area contributed by atoms with E-state index >= 15 is 0 Å². The highest BCUT2D eigenvalue weighted by Gasteiger charge is 2.38. The first-order valence-corrected chi connectivity index (χ1v) is 13.5. The Bertz CT molecular complexity index is 1430. The van der Waals surface area contributed by atoms with Crippen LogP contribution in [0.2, 0.25) is 5.02 Å². The molecule has 3 aromatic rings. The summed E-state index contributed by atoms with van der Waals surface area (Å²) in [5.74, 6) is -0.539. The quantitative estimate of drug-likeness (QED) is 0.535. The van der Waals surface area contributed by atoms with Crippen LogP contribution in [0.15, 0.2) is 82.8 Å². The maximum atomic E-state index is 14.6. The van der Waals surface area contributed by atoms with Crippen molar-refractivity contribution in [3.05, 3.63) is 94.8 Å². The van der Waals surface area contributed by atoms with Gasteiger partial charge in [-0.1, -0.05) is 41.9 Å². The van der Waals surface area contributed by atoms with Crippen LogP contribution in [-0.4, -0.2) is 33.2 Å². The van der Waals surface area contributed by atoms with Gasteiger partial charge in [0.15, 0.2) is 0 Å². The first-order valence-electron chi connectivity index (χ1n) is 9.75. The second-order valence-corrected chi connectivity index (χ2v) is 11.5. The lowest BCUT2D eigenvalue weighted by Crippen LogP contribution is -2.27. The molecular formula is C22H19ClFN3O4S2. The van der Waals surface area contributed by atoms with E-state index in [9.17, 15) is 21.2 Å². The summed E-state index contributed by atoms with van der Waals surface area (Å²) in [6.07, 6.45) is 1.17. The van der Waals surface area contributed by atoms with Gasteiger partial charge in [0.1, 0.15) is 5.82 Å². The van der Waals surface area contributed by atoms with Crippen molar-refractivity contribution in [1.82, 2.24) is 4.41 Å². The molecule has 1 heterocycles. The average molecular weight is 508 g/mol. The van der Waals surface area contributed by atoms with Gasteiger partial charge in [0.25, 0.3) is 10.0 Å². The minimum absolute atomic E-state index is 0.0223. The molecule has 0 saturated heterocycles. The maximum absolute atomic E-state index is 14.6. The third kappa shape index (κ3) is 5.02. The Morgan fingerprint density at radius 1 is 0.970 bits per heavy atom. The van der Waals surface area contributed by atoms with Gasteiger partial charge < -0.3 is 0 Å². The monoisotopic (exact) mass is 507 g/mol. The molecule has 7 nitrogen and oxygen atoms in total. The Balaban J connectivity index is 1.75. The van der Waals surface area contributed by atoms with E-state index in [0.29, 0.717) is 22.0 Å². The second kappa shape index (κ2) is 8.77. The molecule has 0 bridgehead atoms. The van der Waals surface area contributed by atoms with Gasteiger partial charge in [-0.25, -0.2) is 12.8 Å². The zero-order chi connectivity index (χ0) is 23.8. The molecule has 0 radical (unpaired) electrons. The molecule has 0 aliphatic carbocycles. The number of nitrogens with one attached hydrogen (secondary N) is 1. The smallest absolute Gasteiger partial charge is 0.279 e. The molecule has 0 spiro atoms. The van der Waals surface area contributed by atoms with Crippen molar-refractivity contribution >= 4 is 43.0 Å². The Morgan fingerprint density at radius 2 is 1.61 bits per heavy atom. The van der Waals surface area contributed by atoms with Crippen LogP contribution in [0.1, 0.15) is 23.6 Å². The number of nitrogens with zero attached hydrogens (tertiary/aromatic N) is 2. The summed E-state index contributed by atoms with van der Waals surface area (Å²) in [6.45, 7) is 0. The number of anilines is 1. The third-order valence-corrected chi connectivity index (χ3v) is 7.57. The zero-order valence-electron chi connectivity index (χ0n) is 17.3. The van der Waals surface area contributed by atoms with Crippen LogP contribution in [0.4, 0.5) is 10.1 Å².